The number of ether oxygens (including phenoxy) is 2. The van der Waals surface area contributed by atoms with E-state index in [2.05, 4.69) is 20.6 Å². The molecule has 32 heavy (non-hydrogen) atoms. The van der Waals surface area contributed by atoms with E-state index >= 15 is 0 Å². The summed E-state index contributed by atoms with van der Waals surface area (Å²) in [5.41, 5.74) is 0.820. The summed E-state index contributed by atoms with van der Waals surface area (Å²) in [6.45, 7) is -0.0871. The van der Waals surface area contributed by atoms with Crippen molar-refractivity contribution in [2.24, 2.45) is 0 Å². The Morgan fingerprint density at radius 1 is 1.16 bits per heavy atom. The molecule has 1 amide bonds. The Bertz CT molecular complexity index is 1350. The van der Waals surface area contributed by atoms with Gasteiger partial charge in [0, 0.05) is 6.07 Å². The molecular weight excluding hydrogens is 419 g/mol. The SMILES string of the molecule is COc1ccc(NC(=O)Cn2cnc3c(nnn3Cc3cccc(F)c3)c2=O)c(OC)c1. The van der Waals surface area contributed by atoms with Crippen LogP contribution in [0.15, 0.2) is 53.6 Å². The van der Waals surface area contributed by atoms with Crippen molar-refractivity contribution >= 4 is 22.8 Å². The molecule has 0 saturated carbocycles. The molecule has 0 radical (unpaired) electrons. The predicted octanol–water partition coefficient (Wildman–Crippen LogP) is 1.83. The number of carbonyl (C=O) groups is 1. The number of halogens is 1. The number of hydrogen-bond acceptors (Lipinski definition) is 7. The molecule has 2 aromatic heterocycles. The summed E-state index contributed by atoms with van der Waals surface area (Å²) in [4.78, 5) is 29.5. The van der Waals surface area contributed by atoms with Gasteiger partial charge in [-0.05, 0) is 29.8 Å². The van der Waals surface area contributed by atoms with Gasteiger partial charge in [-0.3, -0.25) is 14.2 Å². The molecule has 0 atom stereocenters. The number of methoxy groups -OCH3 is 2. The number of rotatable bonds is 7. The summed E-state index contributed by atoms with van der Waals surface area (Å²) in [6, 6.07) is 11.0. The van der Waals surface area contributed by atoms with Crippen molar-refractivity contribution < 1.29 is 18.7 Å². The molecule has 0 spiro atoms. The van der Waals surface area contributed by atoms with Gasteiger partial charge in [0.05, 0.1) is 26.5 Å². The molecule has 2 aromatic carbocycles. The lowest BCUT2D eigenvalue weighted by Gasteiger charge is -2.12. The summed E-state index contributed by atoms with van der Waals surface area (Å²) in [5, 5.41) is 10.5. The average Bonchev–Trinajstić information content (AvgIpc) is 3.19. The van der Waals surface area contributed by atoms with Crippen molar-refractivity contribution in [1.82, 2.24) is 24.5 Å². The highest BCUT2D eigenvalue weighted by Crippen LogP contribution is 2.28. The normalized spacial score (nSPS) is 10.8. The second-order valence-electron chi connectivity index (χ2n) is 6.84. The zero-order valence-corrected chi connectivity index (χ0v) is 17.3. The monoisotopic (exact) mass is 438 g/mol. The fourth-order valence-corrected chi connectivity index (χ4v) is 3.16. The summed E-state index contributed by atoms with van der Waals surface area (Å²) in [5.74, 6) is 0.163. The Morgan fingerprint density at radius 3 is 2.75 bits per heavy atom. The van der Waals surface area contributed by atoms with Crippen molar-refractivity contribution in [3.63, 3.8) is 0 Å². The van der Waals surface area contributed by atoms with Crippen molar-refractivity contribution in [3.8, 4) is 11.5 Å². The molecule has 0 bridgehead atoms. The van der Waals surface area contributed by atoms with Gasteiger partial charge < -0.3 is 14.8 Å². The van der Waals surface area contributed by atoms with Crippen LogP contribution < -0.4 is 20.3 Å². The maximum Gasteiger partial charge on any atom is 0.283 e. The lowest BCUT2D eigenvalue weighted by Crippen LogP contribution is -2.28. The summed E-state index contributed by atoms with van der Waals surface area (Å²) < 4.78 is 26.4. The molecule has 0 saturated heterocycles. The van der Waals surface area contributed by atoms with E-state index in [0.29, 0.717) is 22.7 Å². The van der Waals surface area contributed by atoms with E-state index in [0.717, 1.165) is 4.57 Å². The van der Waals surface area contributed by atoms with Crippen LogP contribution in [0.5, 0.6) is 11.5 Å². The molecule has 0 aliphatic heterocycles. The largest absolute Gasteiger partial charge is 0.497 e. The number of benzene rings is 2. The number of nitrogens with zero attached hydrogens (tertiary/aromatic N) is 5. The van der Waals surface area contributed by atoms with E-state index in [1.807, 2.05) is 0 Å². The van der Waals surface area contributed by atoms with Crippen molar-refractivity contribution in [2.45, 2.75) is 13.1 Å². The number of amides is 1. The minimum absolute atomic E-state index is 0.0127. The van der Waals surface area contributed by atoms with E-state index < -0.39 is 11.5 Å². The van der Waals surface area contributed by atoms with Crippen molar-refractivity contribution in [2.75, 3.05) is 19.5 Å². The zero-order valence-electron chi connectivity index (χ0n) is 17.3. The molecule has 0 aliphatic rings. The fraction of sp³-hybridized carbons (Fsp3) is 0.190. The first-order valence-corrected chi connectivity index (χ1v) is 9.53. The molecular formula is C21H19FN6O4. The Morgan fingerprint density at radius 2 is 2.00 bits per heavy atom. The summed E-state index contributed by atoms with van der Waals surface area (Å²) in [6.07, 6.45) is 1.25. The van der Waals surface area contributed by atoms with Crippen LogP contribution in [0.25, 0.3) is 11.2 Å². The smallest absolute Gasteiger partial charge is 0.283 e. The maximum absolute atomic E-state index is 13.4. The molecule has 164 valence electrons. The number of fused-ring (bicyclic) bond motifs is 1. The van der Waals surface area contributed by atoms with Gasteiger partial charge in [0.25, 0.3) is 5.56 Å². The van der Waals surface area contributed by atoms with Gasteiger partial charge >= 0.3 is 0 Å². The Balaban J connectivity index is 1.53. The van der Waals surface area contributed by atoms with Crippen LogP contribution in [-0.4, -0.2) is 44.7 Å². The second-order valence-corrected chi connectivity index (χ2v) is 6.84. The van der Waals surface area contributed by atoms with Gasteiger partial charge in [0.15, 0.2) is 11.2 Å². The zero-order chi connectivity index (χ0) is 22.7. The Labute approximate surface area is 181 Å². The lowest BCUT2D eigenvalue weighted by atomic mass is 10.2. The third-order valence-electron chi connectivity index (χ3n) is 4.71. The molecule has 1 N–H and O–H groups in total. The van der Waals surface area contributed by atoms with Crippen LogP contribution >= 0.6 is 0 Å². The first-order valence-electron chi connectivity index (χ1n) is 9.53. The first kappa shape index (κ1) is 21.0. The highest BCUT2D eigenvalue weighted by atomic mass is 19.1. The Kier molecular flexibility index (Phi) is 5.79. The lowest BCUT2D eigenvalue weighted by molar-refractivity contribution is -0.116. The van der Waals surface area contributed by atoms with Crippen molar-refractivity contribution in [3.05, 3.63) is 70.5 Å². The third kappa shape index (κ3) is 4.26. The molecule has 2 heterocycles. The fourth-order valence-electron chi connectivity index (χ4n) is 3.16. The third-order valence-corrected chi connectivity index (χ3v) is 4.71. The highest BCUT2D eigenvalue weighted by molar-refractivity contribution is 5.92. The maximum atomic E-state index is 13.4. The van der Waals surface area contributed by atoms with E-state index in [-0.39, 0.29) is 30.1 Å². The van der Waals surface area contributed by atoms with Crippen LogP contribution in [-0.2, 0) is 17.9 Å². The summed E-state index contributed by atoms with van der Waals surface area (Å²) >= 11 is 0. The van der Waals surface area contributed by atoms with Crippen LogP contribution in [0.4, 0.5) is 10.1 Å². The number of aromatic nitrogens is 5. The van der Waals surface area contributed by atoms with Crippen molar-refractivity contribution in [1.29, 1.82) is 0 Å². The Hall–Kier alpha value is -4.28. The molecule has 4 aromatic rings. The molecule has 0 aliphatic carbocycles. The molecule has 11 heteroatoms. The standard InChI is InChI=1S/C21H19FN6O4/c1-31-15-6-7-16(17(9-15)32-2)24-18(29)11-27-12-23-20-19(21(27)30)25-26-28(20)10-13-4-3-5-14(22)8-13/h3-9,12H,10-11H2,1-2H3,(H,24,29). The van der Waals surface area contributed by atoms with Crippen LogP contribution in [0.1, 0.15) is 5.56 Å². The number of carbonyl (C=O) groups excluding carboxylic acids is 1. The van der Waals surface area contributed by atoms with E-state index in [1.54, 1.807) is 30.3 Å². The number of nitrogens with one attached hydrogen (secondary N) is 1. The molecule has 4 rings (SSSR count). The average molecular weight is 438 g/mol. The quantitative estimate of drug-likeness (QED) is 0.468. The topological polar surface area (TPSA) is 113 Å². The minimum Gasteiger partial charge on any atom is -0.497 e. The summed E-state index contributed by atoms with van der Waals surface area (Å²) in [7, 11) is 3.00. The van der Waals surface area contributed by atoms with E-state index in [4.69, 9.17) is 9.47 Å². The van der Waals surface area contributed by atoms with E-state index in [9.17, 15) is 14.0 Å². The molecule has 0 fully saturated rings. The van der Waals surface area contributed by atoms with Crippen LogP contribution in [0, 0.1) is 5.82 Å². The van der Waals surface area contributed by atoms with Gasteiger partial charge in [0.1, 0.15) is 30.2 Å². The van der Waals surface area contributed by atoms with Gasteiger partial charge in [-0.25, -0.2) is 14.1 Å². The number of anilines is 1. The van der Waals surface area contributed by atoms with Gasteiger partial charge in [-0.15, -0.1) is 5.10 Å². The minimum atomic E-state index is -0.516. The van der Waals surface area contributed by atoms with Gasteiger partial charge in [-0.1, -0.05) is 17.3 Å². The molecule has 0 unspecified atom stereocenters. The second kappa shape index (κ2) is 8.84. The van der Waals surface area contributed by atoms with Crippen LogP contribution in [0.3, 0.4) is 0 Å². The first-order chi connectivity index (χ1) is 15.5. The van der Waals surface area contributed by atoms with Gasteiger partial charge in [-0.2, -0.15) is 0 Å². The van der Waals surface area contributed by atoms with Gasteiger partial charge in [0.2, 0.25) is 5.91 Å². The number of hydrogen-bond donors (Lipinski definition) is 1. The highest BCUT2D eigenvalue weighted by Gasteiger charge is 2.15. The predicted molar refractivity (Wildman–Crippen MR) is 113 cm³/mol. The van der Waals surface area contributed by atoms with Crippen LogP contribution in [0.2, 0.25) is 0 Å². The molecule has 10 nitrogen and oxygen atoms in total. The van der Waals surface area contributed by atoms with E-state index in [1.165, 1.54) is 37.4 Å².